The van der Waals surface area contributed by atoms with Gasteiger partial charge in [-0.3, -0.25) is 13.9 Å². The van der Waals surface area contributed by atoms with E-state index in [1.165, 1.54) is 35.2 Å². The SMILES string of the molecule is CCCNC(=O)C(C)N(Cc1ccccc1Cl)C(=O)CN(c1cc(Cl)ccc1Cl)S(=O)(=O)c1ccccc1. The molecule has 3 aromatic rings. The van der Waals surface area contributed by atoms with E-state index in [0.29, 0.717) is 23.6 Å². The average Bonchev–Trinajstić information content (AvgIpc) is 2.91. The van der Waals surface area contributed by atoms with Crippen LogP contribution in [0.4, 0.5) is 5.69 Å². The summed E-state index contributed by atoms with van der Waals surface area (Å²) < 4.78 is 28.4. The van der Waals surface area contributed by atoms with Crippen molar-refractivity contribution in [3.63, 3.8) is 0 Å². The minimum absolute atomic E-state index is 0.0122. The van der Waals surface area contributed by atoms with E-state index >= 15 is 0 Å². The van der Waals surface area contributed by atoms with E-state index in [1.807, 2.05) is 6.92 Å². The minimum atomic E-state index is -4.25. The van der Waals surface area contributed by atoms with Gasteiger partial charge in [0.25, 0.3) is 10.0 Å². The quantitative estimate of drug-likeness (QED) is 0.304. The lowest BCUT2D eigenvalue weighted by Gasteiger charge is -2.32. The molecular weight excluding hydrogens is 569 g/mol. The van der Waals surface area contributed by atoms with Gasteiger partial charge in [-0.25, -0.2) is 8.42 Å². The van der Waals surface area contributed by atoms with Crippen LogP contribution in [-0.2, 0) is 26.2 Å². The maximum Gasteiger partial charge on any atom is 0.264 e. The van der Waals surface area contributed by atoms with Gasteiger partial charge in [-0.05, 0) is 55.3 Å². The lowest BCUT2D eigenvalue weighted by Crippen LogP contribution is -2.51. The molecule has 2 amide bonds. The summed E-state index contributed by atoms with van der Waals surface area (Å²) in [5, 5.41) is 3.54. The Bertz CT molecular complexity index is 1390. The third kappa shape index (κ3) is 7.20. The van der Waals surface area contributed by atoms with Crippen molar-refractivity contribution in [2.45, 2.75) is 37.8 Å². The van der Waals surface area contributed by atoms with Gasteiger partial charge in [0.1, 0.15) is 12.6 Å². The van der Waals surface area contributed by atoms with Crippen LogP contribution >= 0.6 is 34.8 Å². The monoisotopic (exact) mass is 595 g/mol. The van der Waals surface area contributed by atoms with Gasteiger partial charge in [0, 0.05) is 23.1 Å². The summed E-state index contributed by atoms with van der Waals surface area (Å²) in [5.41, 5.74) is 0.646. The van der Waals surface area contributed by atoms with Crippen LogP contribution < -0.4 is 9.62 Å². The number of nitrogens with zero attached hydrogens (tertiary/aromatic N) is 2. The van der Waals surface area contributed by atoms with E-state index in [2.05, 4.69) is 5.32 Å². The molecule has 1 unspecified atom stereocenters. The largest absolute Gasteiger partial charge is 0.354 e. The van der Waals surface area contributed by atoms with Crippen molar-refractivity contribution >= 4 is 62.3 Å². The third-order valence-electron chi connectivity index (χ3n) is 5.80. The molecule has 0 aliphatic heterocycles. The fraction of sp³-hybridized carbons (Fsp3) is 0.259. The molecule has 0 heterocycles. The topological polar surface area (TPSA) is 86.8 Å². The molecule has 202 valence electrons. The summed E-state index contributed by atoms with van der Waals surface area (Å²) in [6.45, 7) is 3.29. The summed E-state index contributed by atoms with van der Waals surface area (Å²) in [5.74, 6) is -0.995. The van der Waals surface area contributed by atoms with E-state index in [0.717, 1.165) is 4.31 Å². The van der Waals surface area contributed by atoms with Crippen LogP contribution in [-0.4, -0.2) is 44.3 Å². The molecule has 0 aliphatic rings. The standard InChI is InChI=1S/C27H28Cl3N3O4S/c1-3-15-31-27(35)19(2)32(17-20-9-7-8-12-23(20)29)26(34)18-33(25-16-21(28)13-14-24(25)30)38(36,37)22-10-5-4-6-11-22/h4-14,16,19H,3,15,17-18H2,1-2H3,(H,31,35). The zero-order valence-corrected chi connectivity index (χ0v) is 24.0. The fourth-order valence-electron chi connectivity index (χ4n) is 3.70. The second-order valence-corrected chi connectivity index (χ2v) is 11.6. The zero-order valence-electron chi connectivity index (χ0n) is 20.9. The first-order valence-corrected chi connectivity index (χ1v) is 14.5. The van der Waals surface area contributed by atoms with Crippen LogP contribution in [0.1, 0.15) is 25.8 Å². The maximum atomic E-state index is 13.9. The number of carbonyl (C=O) groups is 2. The van der Waals surface area contributed by atoms with Crippen molar-refractivity contribution in [1.29, 1.82) is 0 Å². The first kappa shape index (κ1) is 29.8. The first-order valence-electron chi connectivity index (χ1n) is 11.9. The Morgan fingerprint density at radius 3 is 2.24 bits per heavy atom. The molecule has 7 nitrogen and oxygen atoms in total. The Hall–Kier alpha value is -2.78. The molecular formula is C27H28Cl3N3O4S. The Labute approximate surface area is 238 Å². The predicted molar refractivity (Wildman–Crippen MR) is 152 cm³/mol. The molecule has 0 saturated heterocycles. The highest BCUT2D eigenvalue weighted by Gasteiger charge is 2.33. The second kappa shape index (κ2) is 13.3. The second-order valence-electron chi connectivity index (χ2n) is 8.50. The molecule has 0 saturated carbocycles. The third-order valence-corrected chi connectivity index (χ3v) is 8.50. The number of rotatable bonds is 11. The molecule has 0 aliphatic carbocycles. The fourth-order valence-corrected chi connectivity index (χ4v) is 5.78. The van der Waals surface area contributed by atoms with Crippen LogP contribution in [0.3, 0.4) is 0 Å². The smallest absolute Gasteiger partial charge is 0.264 e. The lowest BCUT2D eigenvalue weighted by molar-refractivity contribution is -0.139. The van der Waals surface area contributed by atoms with Gasteiger partial charge in [0.15, 0.2) is 0 Å². The summed E-state index contributed by atoms with van der Waals surface area (Å²) in [7, 11) is -4.25. The summed E-state index contributed by atoms with van der Waals surface area (Å²) in [4.78, 5) is 28.0. The van der Waals surface area contributed by atoms with Crippen LogP contribution in [0.2, 0.25) is 15.1 Å². The lowest BCUT2D eigenvalue weighted by atomic mass is 10.1. The summed E-state index contributed by atoms with van der Waals surface area (Å²) in [6, 6.07) is 18.1. The molecule has 1 atom stereocenters. The van der Waals surface area contributed by atoms with Gasteiger partial charge in [-0.15, -0.1) is 0 Å². The van der Waals surface area contributed by atoms with Crippen molar-refractivity contribution in [2.75, 3.05) is 17.4 Å². The number of anilines is 1. The average molecular weight is 597 g/mol. The number of carbonyl (C=O) groups excluding carboxylic acids is 2. The molecule has 11 heteroatoms. The van der Waals surface area contributed by atoms with Gasteiger partial charge in [0.2, 0.25) is 11.8 Å². The van der Waals surface area contributed by atoms with Crippen molar-refractivity contribution < 1.29 is 18.0 Å². The Morgan fingerprint density at radius 1 is 0.921 bits per heavy atom. The number of benzene rings is 3. The van der Waals surface area contributed by atoms with E-state index in [9.17, 15) is 18.0 Å². The van der Waals surface area contributed by atoms with E-state index in [-0.39, 0.29) is 33.1 Å². The van der Waals surface area contributed by atoms with Crippen LogP contribution in [0.15, 0.2) is 77.7 Å². The first-order chi connectivity index (χ1) is 18.1. The van der Waals surface area contributed by atoms with Gasteiger partial charge < -0.3 is 10.2 Å². The summed E-state index contributed by atoms with van der Waals surface area (Å²) >= 11 is 18.9. The normalized spacial score (nSPS) is 12.0. The van der Waals surface area contributed by atoms with E-state index in [4.69, 9.17) is 34.8 Å². The molecule has 1 N–H and O–H groups in total. The van der Waals surface area contributed by atoms with E-state index < -0.39 is 28.5 Å². The maximum absolute atomic E-state index is 13.9. The highest BCUT2D eigenvalue weighted by molar-refractivity contribution is 7.92. The molecule has 3 rings (SSSR count). The number of amides is 2. The zero-order chi connectivity index (χ0) is 27.9. The van der Waals surface area contributed by atoms with Gasteiger partial charge in [-0.1, -0.05) is 78.1 Å². The molecule has 0 aromatic heterocycles. The number of hydrogen-bond acceptors (Lipinski definition) is 4. The number of hydrogen-bond donors (Lipinski definition) is 1. The Kier molecular flexibility index (Phi) is 10.4. The minimum Gasteiger partial charge on any atom is -0.354 e. The molecule has 0 fully saturated rings. The molecule has 0 bridgehead atoms. The van der Waals surface area contributed by atoms with Crippen LogP contribution in [0, 0.1) is 0 Å². The number of halogens is 3. The van der Waals surface area contributed by atoms with Crippen LogP contribution in [0.25, 0.3) is 0 Å². The highest BCUT2D eigenvalue weighted by Crippen LogP contribution is 2.33. The van der Waals surface area contributed by atoms with Crippen molar-refractivity contribution in [3.05, 3.63) is 93.4 Å². The Balaban J connectivity index is 2.06. The van der Waals surface area contributed by atoms with E-state index in [1.54, 1.807) is 49.4 Å². The van der Waals surface area contributed by atoms with Crippen molar-refractivity contribution in [2.24, 2.45) is 0 Å². The highest BCUT2D eigenvalue weighted by atomic mass is 35.5. The van der Waals surface area contributed by atoms with Gasteiger partial charge in [0.05, 0.1) is 15.6 Å². The van der Waals surface area contributed by atoms with Gasteiger partial charge in [-0.2, -0.15) is 0 Å². The predicted octanol–water partition coefficient (Wildman–Crippen LogP) is 5.79. The summed E-state index contributed by atoms with van der Waals surface area (Å²) in [6.07, 6.45) is 0.716. The molecule has 38 heavy (non-hydrogen) atoms. The van der Waals surface area contributed by atoms with Crippen molar-refractivity contribution in [3.8, 4) is 0 Å². The Morgan fingerprint density at radius 2 is 1.58 bits per heavy atom. The van der Waals surface area contributed by atoms with Crippen molar-refractivity contribution in [1.82, 2.24) is 10.2 Å². The molecule has 0 radical (unpaired) electrons. The molecule has 0 spiro atoms. The number of sulfonamides is 1. The number of nitrogens with one attached hydrogen (secondary N) is 1. The van der Waals surface area contributed by atoms with Gasteiger partial charge >= 0.3 is 0 Å². The van der Waals surface area contributed by atoms with Crippen LogP contribution in [0.5, 0.6) is 0 Å². The molecule has 3 aromatic carbocycles.